The molecule has 0 spiro atoms. The fourth-order valence-electron chi connectivity index (χ4n) is 3.01. The Hall–Kier alpha value is -1.57. The smallest absolute Gasteiger partial charge is 0.0497 e. The third-order valence-corrected chi connectivity index (χ3v) is 4.39. The summed E-state index contributed by atoms with van der Waals surface area (Å²) in [7, 11) is 1.74. The Morgan fingerprint density at radius 2 is 1.86 bits per heavy atom. The zero-order valence-electron chi connectivity index (χ0n) is 12.2. The first kappa shape index (κ1) is 14.4. The predicted molar refractivity (Wildman–Crippen MR) is 88.9 cm³/mol. The Labute approximate surface area is 131 Å². The molecular formula is C19H19ClO. The maximum absolute atomic E-state index is 6.43. The highest BCUT2D eigenvalue weighted by molar-refractivity contribution is 6.31. The van der Waals surface area contributed by atoms with Crippen molar-refractivity contribution in [2.24, 2.45) is 0 Å². The van der Waals surface area contributed by atoms with E-state index in [9.17, 15) is 0 Å². The molecule has 108 valence electrons. The number of ether oxygens (including phenoxy) is 1. The molecule has 0 aromatic heterocycles. The topological polar surface area (TPSA) is 9.23 Å². The van der Waals surface area contributed by atoms with Crippen molar-refractivity contribution in [1.82, 2.24) is 0 Å². The largest absolute Gasteiger partial charge is 0.384 e. The first-order valence-corrected chi connectivity index (χ1v) is 7.74. The van der Waals surface area contributed by atoms with Crippen LogP contribution in [-0.4, -0.2) is 13.7 Å². The van der Waals surface area contributed by atoms with Crippen LogP contribution < -0.4 is 0 Å². The van der Waals surface area contributed by atoms with E-state index in [1.165, 1.54) is 27.8 Å². The fourth-order valence-corrected chi connectivity index (χ4v) is 3.28. The average molecular weight is 299 g/mol. The van der Waals surface area contributed by atoms with Crippen LogP contribution in [0, 0.1) is 0 Å². The first-order valence-electron chi connectivity index (χ1n) is 7.36. The van der Waals surface area contributed by atoms with Crippen molar-refractivity contribution in [3.05, 3.63) is 75.8 Å². The van der Waals surface area contributed by atoms with Gasteiger partial charge in [0.05, 0.1) is 0 Å². The van der Waals surface area contributed by atoms with Gasteiger partial charge in [0, 0.05) is 18.7 Å². The molecule has 0 atom stereocenters. The lowest BCUT2D eigenvalue weighted by Crippen LogP contribution is -1.94. The molecule has 0 amide bonds. The molecule has 21 heavy (non-hydrogen) atoms. The normalized spacial score (nSPS) is 15.4. The zero-order chi connectivity index (χ0) is 14.7. The van der Waals surface area contributed by atoms with Gasteiger partial charge in [-0.05, 0) is 53.2 Å². The summed E-state index contributed by atoms with van der Waals surface area (Å²) in [5.41, 5.74) is 6.54. The lowest BCUT2D eigenvalue weighted by atomic mass is 9.93. The predicted octanol–water partition coefficient (Wildman–Crippen LogP) is 4.91. The maximum atomic E-state index is 6.43. The van der Waals surface area contributed by atoms with E-state index < -0.39 is 0 Å². The van der Waals surface area contributed by atoms with E-state index in [1.54, 1.807) is 7.11 Å². The maximum Gasteiger partial charge on any atom is 0.0497 e. The van der Waals surface area contributed by atoms with Gasteiger partial charge in [0.15, 0.2) is 0 Å². The molecule has 2 heteroatoms. The fraction of sp³-hybridized carbons (Fsp3) is 0.263. The lowest BCUT2D eigenvalue weighted by molar-refractivity contribution is 0.204. The third-order valence-electron chi connectivity index (χ3n) is 4.03. The summed E-state index contributed by atoms with van der Waals surface area (Å²) in [4.78, 5) is 0. The summed E-state index contributed by atoms with van der Waals surface area (Å²) in [5.74, 6) is 0. The lowest BCUT2D eigenvalue weighted by Gasteiger charge is -2.13. The van der Waals surface area contributed by atoms with Crippen LogP contribution >= 0.6 is 11.6 Å². The van der Waals surface area contributed by atoms with Crippen LogP contribution in [0.1, 0.15) is 28.7 Å². The second-order valence-electron chi connectivity index (χ2n) is 5.32. The molecule has 2 aromatic rings. The van der Waals surface area contributed by atoms with Crippen LogP contribution in [-0.2, 0) is 17.6 Å². The summed E-state index contributed by atoms with van der Waals surface area (Å²) in [6, 6.07) is 14.9. The van der Waals surface area contributed by atoms with E-state index in [-0.39, 0.29) is 0 Å². The molecule has 0 fully saturated rings. The number of aryl methyl sites for hydroxylation is 1. The Balaban J connectivity index is 2.15. The molecule has 3 rings (SSSR count). The highest BCUT2D eigenvalue weighted by Gasteiger charge is 2.19. The Morgan fingerprint density at radius 3 is 2.71 bits per heavy atom. The SMILES string of the molecule is COCCC=C1c2ccccc2CCc2c(Cl)cccc21. The van der Waals surface area contributed by atoms with E-state index in [4.69, 9.17) is 16.3 Å². The van der Waals surface area contributed by atoms with E-state index >= 15 is 0 Å². The summed E-state index contributed by atoms with van der Waals surface area (Å²) in [6.07, 6.45) is 5.22. The molecule has 0 heterocycles. The van der Waals surface area contributed by atoms with Crippen LogP contribution in [0.5, 0.6) is 0 Å². The van der Waals surface area contributed by atoms with Gasteiger partial charge in [0.25, 0.3) is 0 Å². The number of hydrogen-bond donors (Lipinski definition) is 0. The molecule has 1 aliphatic carbocycles. The van der Waals surface area contributed by atoms with E-state index in [0.29, 0.717) is 0 Å². The van der Waals surface area contributed by atoms with E-state index in [1.807, 2.05) is 12.1 Å². The molecule has 0 N–H and O–H groups in total. The summed E-state index contributed by atoms with van der Waals surface area (Å²) in [5, 5.41) is 0.873. The zero-order valence-corrected chi connectivity index (χ0v) is 13.0. The summed E-state index contributed by atoms with van der Waals surface area (Å²) >= 11 is 6.43. The molecular weight excluding hydrogens is 280 g/mol. The first-order chi connectivity index (χ1) is 10.3. The minimum Gasteiger partial charge on any atom is -0.384 e. The minimum absolute atomic E-state index is 0.738. The van der Waals surface area contributed by atoms with Gasteiger partial charge >= 0.3 is 0 Å². The minimum atomic E-state index is 0.738. The van der Waals surface area contributed by atoms with Gasteiger partial charge < -0.3 is 4.74 Å². The second-order valence-corrected chi connectivity index (χ2v) is 5.73. The molecule has 0 radical (unpaired) electrons. The monoisotopic (exact) mass is 298 g/mol. The third kappa shape index (κ3) is 2.90. The van der Waals surface area contributed by atoms with E-state index in [2.05, 4.69) is 36.4 Å². The van der Waals surface area contributed by atoms with Crippen molar-refractivity contribution < 1.29 is 4.74 Å². The number of halogens is 1. The van der Waals surface area contributed by atoms with Crippen molar-refractivity contribution in [1.29, 1.82) is 0 Å². The Bertz CT molecular complexity index is 673. The van der Waals surface area contributed by atoms with Crippen molar-refractivity contribution in [2.45, 2.75) is 19.3 Å². The number of benzene rings is 2. The second kappa shape index (κ2) is 6.46. The van der Waals surface area contributed by atoms with Crippen molar-refractivity contribution in [3.8, 4) is 0 Å². The van der Waals surface area contributed by atoms with Crippen molar-refractivity contribution in [3.63, 3.8) is 0 Å². The van der Waals surface area contributed by atoms with Gasteiger partial charge in [0.1, 0.15) is 0 Å². The van der Waals surface area contributed by atoms with Crippen LogP contribution in [0.4, 0.5) is 0 Å². The van der Waals surface area contributed by atoms with Crippen molar-refractivity contribution >= 4 is 17.2 Å². The molecule has 2 aromatic carbocycles. The quantitative estimate of drug-likeness (QED) is 0.732. The average Bonchev–Trinajstić information content (AvgIpc) is 2.66. The van der Waals surface area contributed by atoms with Gasteiger partial charge in [-0.2, -0.15) is 0 Å². The van der Waals surface area contributed by atoms with Gasteiger partial charge in [-0.3, -0.25) is 0 Å². The number of fused-ring (bicyclic) bond motifs is 2. The van der Waals surface area contributed by atoms with Gasteiger partial charge in [-0.25, -0.2) is 0 Å². The Morgan fingerprint density at radius 1 is 1.05 bits per heavy atom. The van der Waals surface area contributed by atoms with Crippen molar-refractivity contribution in [2.75, 3.05) is 13.7 Å². The Kier molecular flexibility index (Phi) is 4.42. The molecule has 1 aliphatic rings. The van der Waals surface area contributed by atoms with Gasteiger partial charge in [-0.1, -0.05) is 54.1 Å². The summed E-state index contributed by atoms with van der Waals surface area (Å²) in [6.45, 7) is 0.738. The molecule has 0 aliphatic heterocycles. The summed E-state index contributed by atoms with van der Waals surface area (Å²) < 4.78 is 5.19. The highest BCUT2D eigenvalue weighted by atomic mass is 35.5. The van der Waals surface area contributed by atoms with Crippen LogP contribution in [0.2, 0.25) is 5.02 Å². The van der Waals surface area contributed by atoms with E-state index in [0.717, 1.165) is 30.9 Å². The molecule has 0 bridgehead atoms. The van der Waals surface area contributed by atoms with Crippen LogP contribution in [0.15, 0.2) is 48.5 Å². The number of methoxy groups -OCH3 is 1. The molecule has 0 unspecified atom stereocenters. The van der Waals surface area contributed by atoms with Gasteiger partial charge in [-0.15, -0.1) is 0 Å². The molecule has 0 saturated carbocycles. The van der Waals surface area contributed by atoms with Crippen LogP contribution in [0.3, 0.4) is 0 Å². The van der Waals surface area contributed by atoms with Crippen LogP contribution in [0.25, 0.3) is 5.57 Å². The molecule has 0 saturated heterocycles. The number of rotatable bonds is 3. The molecule has 1 nitrogen and oxygen atoms in total. The van der Waals surface area contributed by atoms with Gasteiger partial charge in [0.2, 0.25) is 0 Å². The number of hydrogen-bond acceptors (Lipinski definition) is 1. The standard InChI is InChI=1S/C19H19ClO/c1-21-13-5-9-16-15-7-3-2-6-14(15)11-12-18-17(16)8-4-10-19(18)20/h2-4,6-10H,5,11-13H2,1H3. The highest BCUT2D eigenvalue weighted by Crippen LogP contribution is 2.36.